The summed E-state index contributed by atoms with van der Waals surface area (Å²) in [4.78, 5) is 0. The van der Waals surface area contributed by atoms with Gasteiger partial charge in [0.05, 0.1) is 13.2 Å². The SMILES string of the molecule is CSCCO[C@@H]1OC(CO)[C@@H](O)C(O)C1O. The largest absolute Gasteiger partial charge is 0.394 e. The molecule has 4 N–H and O–H groups in total. The van der Waals surface area contributed by atoms with Crippen molar-refractivity contribution in [1.29, 1.82) is 0 Å². The Morgan fingerprint density at radius 1 is 1.19 bits per heavy atom. The molecule has 16 heavy (non-hydrogen) atoms. The number of hydrogen-bond acceptors (Lipinski definition) is 7. The zero-order chi connectivity index (χ0) is 12.1. The van der Waals surface area contributed by atoms with Gasteiger partial charge in [0.1, 0.15) is 24.4 Å². The van der Waals surface area contributed by atoms with Gasteiger partial charge < -0.3 is 29.9 Å². The Hall–Kier alpha value is 0.110. The molecule has 0 bridgehead atoms. The first-order valence-corrected chi connectivity index (χ1v) is 6.42. The number of thioether (sulfide) groups is 1. The van der Waals surface area contributed by atoms with Crippen LogP contribution in [0.2, 0.25) is 0 Å². The van der Waals surface area contributed by atoms with Crippen molar-refractivity contribution in [2.75, 3.05) is 25.2 Å². The molecule has 1 fully saturated rings. The van der Waals surface area contributed by atoms with Crippen LogP contribution in [0.3, 0.4) is 0 Å². The number of ether oxygens (including phenoxy) is 2. The van der Waals surface area contributed by atoms with Crippen LogP contribution in [0.25, 0.3) is 0 Å². The predicted molar refractivity (Wildman–Crippen MR) is 58.1 cm³/mol. The molecule has 0 aromatic carbocycles. The molecule has 3 unspecified atom stereocenters. The molecular formula is C9H18O6S. The van der Waals surface area contributed by atoms with Crippen molar-refractivity contribution in [1.82, 2.24) is 0 Å². The average Bonchev–Trinajstić information content (AvgIpc) is 2.29. The van der Waals surface area contributed by atoms with Gasteiger partial charge in [-0.1, -0.05) is 0 Å². The van der Waals surface area contributed by atoms with E-state index in [1.54, 1.807) is 11.8 Å². The van der Waals surface area contributed by atoms with Crippen molar-refractivity contribution >= 4 is 11.8 Å². The molecule has 1 heterocycles. The molecule has 1 rings (SSSR count). The van der Waals surface area contributed by atoms with Gasteiger partial charge in [0.25, 0.3) is 0 Å². The highest BCUT2D eigenvalue weighted by molar-refractivity contribution is 7.98. The van der Waals surface area contributed by atoms with E-state index >= 15 is 0 Å². The molecular weight excluding hydrogens is 236 g/mol. The minimum Gasteiger partial charge on any atom is -0.394 e. The normalized spacial score (nSPS) is 39.9. The molecule has 0 aliphatic carbocycles. The van der Waals surface area contributed by atoms with E-state index in [0.717, 1.165) is 5.75 Å². The number of aliphatic hydroxyl groups excluding tert-OH is 4. The van der Waals surface area contributed by atoms with Gasteiger partial charge in [-0.3, -0.25) is 0 Å². The summed E-state index contributed by atoms with van der Waals surface area (Å²) in [6.45, 7) is -0.0722. The molecule has 1 aliphatic rings. The van der Waals surface area contributed by atoms with Crippen molar-refractivity contribution in [2.24, 2.45) is 0 Å². The summed E-state index contributed by atoms with van der Waals surface area (Å²) in [6.07, 6.45) is -4.01. The van der Waals surface area contributed by atoms with Crippen molar-refractivity contribution in [3.63, 3.8) is 0 Å². The molecule has 6 nitrogen and oxygen atoms in total. The lowest BCUT2D eigenvalue weighted by Crippen LogP contribution is -2.59. The van der Waals surface area contributed by atoms with Crippen LogP contribution < -0.4 is 0 Å². The van der Waals surface area contributed by atoms with Crippen molar-refractivity contribution in [3.8, 4) is 0 Å². The Balaban J connectivity index is 2.50. The maximum absolute atomic E-state index is 9.57. The van der Waals surface area contributed by atoms with Crippen LogP contribution in [-0.4, -0.2) is 76.4 Å². The zero-order valence-corrected chi connectivity index (χ0v) is 9.84. The van der Waals surface area contributed by atoms with E-state index in [2.05, 4.69) is 0 Å². The Morgan fingerprint density at radius 2 is 1.88 bits per heavy atom. The molecule has 5 atom stereocenters. The van der Waals surface area contributed by atoms with Crippen molar-refractivity contribution in [3.05, 3.63) is 0 Å². The van der Waals surface area contributed by atoms with E-state index in [1.165, 1.54) is 0 Å². The molecule has 96 valence electrons. The molecule has 0 saturated carbocycles. The van der Waals surface area contributed by atoms with Crippen LogP contribution in [0.5, 0.6) is 0 Å². The number of rotatable bonds is 5. The Kier molecular flexibility index (Phi) is 5.98. The Morgan fingerprint density at radius 3 is 2.44 bits per heavy atom. The van der Waals surface area contributed by atoms with E-state index in [4.69, 9.17) is 14.6 Å². The zero-order valence-electron chi connectivity index (χ0n) is 9.02. The van der Waals surface area contributed by atoms with Gasteiger partial charge in [0.15, 0.2) is 6.29 Å². The van der Waals surface area contributed by atoms with Crippen LogP contribution in [0.4, 0.5) is 0 Å². The lowest BCUT2D eigenvalue weighted by atomic mass is 9.99. The fourth-order valence-corrected chi connectivity index (χ4v) is 1.72. The summed E-state index contributed by atoms with van der Waals surface area (Å²) in [5.41, 5.74) is 0. The predicted octanol–water partition coefficient (Wildman–Crippen LogP) is -1.83. The van der Waals surface area contributed by atoms with Crippen LogP contribution in [-0.2, 0) is 9.47 Å². The van der Waals surface area contributed by atoms with E-state index in [0.29, 0.717) is 6.61 Å². The highest BCUT2D eigenvalue weighted by Crippen LogP contribution is 2.21. The van der Waals surface area contributed by atoms with Gasteiger partial charge in [0.2, 0.25) is 0 Å². The molecule has 0 aromatic heterocycles. The van der Waals surface area contributed by atoms with Gasteiger partial charge in [-0.05, 0) is 6.26 Å². The summed E-state index contributed by atoms with van der Waals surface area (Å²) < 4.78 is 10.3. The molecule has 0 spiro atoms. The first-order valence-electron chi connectivity index (χ1n) is 5.03. The third-order valence-corrected chi connectivity index (χ3v) is 2.99. The molecule has 0 radical (unpaired) electrons. The smallest absolute Gasteiger partial charge is 0.186 e. The Bertz CT molecular complexity index is 202. The standard InChI is InChI=1S/C9H18O6S/c1-16-3-2-14-9-8(13)7(12)6(11)5(4-10)15-9/h5-13H,2-4H2,1H3/t5?,6-,7?,8?,9-/m1/s1. The maximum Gasteiger partial charge on any atom is 0.186 e. The van der Waals surface area contributed by atoms with Crippen molar-refractivity contribution in [2.45, 2.75) is 30.7 Å². The van der Waals surface area contributed by atoms with Crippen LogP contribution in [0.15, 0.2) is 0 Å². The molecule has 0 aromatic rings. The van der Waals surface area contributed by atoms with Crippen LogP contribution in [0.1, 0.15) is 0 Å². The van der Waals surface area contributed by atoms with E-state index < -0.39 is 37.3 Å². The highest BCUT2D eigenvalue weighted by Gasteiger charge is 2.43. The van der Waals surface area contributed by atoms with Gasteiger partial charge in [0, 0.05) is 5.75 Å². The molecule has 1 aliphatic heterocycles. The third-order valence-electron chi connectivity index (χ3n) is 2.42. The first kappa shape index (κ1) is 14.2. The fourth-order valence-electron chi connectivity index (χ4n) is 1.45. The van der Waals surface area contributed by atoms with Crippen LogP contribution >= 0.6 is 11.8 Å². The summed E-state index contributed by atoms with van der Waals surface area (Å²) in [5.74, 6) is 0.731. The van der Waals surface area contributed by atoms with E-state index in [1.807, 2.05) is 6.26 Å². The van der Waals surface area contributed by atoms with Gasteiger partial charge >= 0.3 is 0 Å². The minimum absolute atomic E-state index is 0.365. The molecule has 0 amide bonds. The quantitative estimate of drug-likeness (QED) is 0.428. The fraction of sp³-hybridized carbons (Fsp3) is 1.00. The number of hydrogen-bond donors (Lipinski definition) is 4. The second-order valence-corrected chi connectivity index (χ2v) is 4.55. The topological polar surface area (TPSA) is 99.4 Å². The lowest BCUT2D eigenvalue weighted by Gasteiger charge is -2.39. The van der Waals surface area contributed by atoms with Gasteiger partial charge in [-0.25, -0.2) is 0 Å². The third kappa shape index (κ3) is 3.30. The van der Waals surface area contributed by atoms with Gasteiger partial charge in [-0.2, -0.15) is 11.8 Å². The minimum atomic E-state index is -1.37. The average molecular weight is 254 g/mol. The summed E-state index contributed by atoms with van der Waals surface area (Å²) in [5, 5.41) is 37.4. The van der Waals surface area contributed by atoms with E-state index in [-0.39, 0.29) is 0 Å². The lowest BCUT2D eigenvalue weighted by molar-refractivity contribution is -0.299. The second kappa shape index (κ2) is 6.75. The number of aliphatic hydroxyl groups is 4. The Labute approximate surface area is 98.2 Å². The van der Waals surface area contributed by atoms with E-state index in [9.17, 15) is 15.3 Å². The summed E-state index contributed by atoms with van der Waals surface area (Å²) >= 11 is 1.58. The van der Waals surface area contributed by atoms with Crippen molar-refractivity contribution < 1.29 is 29.9 Å². The summed E-state index contributed by atoms with van der Waals surface area (Å²) in [7, 11) is 0. The molecule has 7 heteroatoms. The monoisotopic (exact) mass is 254 g/mol. The van der Waals surface area contributed by atoms with Crippen LogP contribution in [0, 0.1) is 0 Å². The second-order valence-electron chi connectivity index (χ2n) is 3.56. The highest BCUT2D eigenvalue weighted by atomic mass is 32.2. The summed E-state index contributed by atoms with van der Waals surface area (Å²) in [6, 6.07) is 0. The first-order chi connectivity index (χ1) is 7.61. The molecule has 1 saturated heterocycles. The van der Waals surface area contributed by atoms with Gasteiger partial charge in [-0.15, -0.1) is 0 Å². The maximum atomic E-state index is 9.57.